The van der Waals surface area contributed by atoms with Gasteiger partial charge in [0.25, 0.3) is 5.56 Å². The van der Waals surface area contributed by atoms with E-state index in [4.69, 9.17) is 9.84 Å². The van der Waals surface area contributed by atoms with Crippen molar-refractivity contribution in [3.63, 3.8) is 0 Å². The minimum Gasteiger partial charge on any atom is -0.486 e. The largest absolute Gasteiger partial charge is 0.486 e. The summed E-state index contributed by atoms with van der Waals surface area (Å²) in [5, 5.41) is 8.66. The van der Waals surface area contributed by atoms with Crippen LogP contribution in [-0.2, 0) is 17.8 Å². The number of ether oxygens (including phenoxy) is 1. The highest BCUT2D eigenvalue weighted by Gasteiger charge is 2.07. The van der Waals surface area contributed by atoms with Gasteiger partial charge < -0.3 is 14.8 Å². The smallest absolute Gasteiger partial charge is 0.308 e. The lowest BCUT2D eigenvalue weighted by Gasteiger charge is -2.08. The Morgan fingerprint density at radius 3 is 2.71 bits per heavy atom. The Labute approximate surface area is 121 Å². The molecule has 2 aromatic rings. The van der Waals surface area contributed by atoms with Crippen LogP contribution in [0.4, 0.5) is 0 Å². The van der Waals surface area contributed by atoms with Crippen molar-refractivity contribution in [1.82, 2.24) is 9.97 Å². The topological polar surface area (TPSA) is 92.3 Å². The van der Waals surface area contributed by atoms with Crippen LogP contribution in [0.5, 0.6) is 5.75 Å². The summed E-state index contributed by atoms with van der Waals surface area (Å²) in [5.74, 6) is -0.0239. The maximum atomic E-state index is 11.7. The molecule has 0 saturated carbocycles. The number of H-pyrrole nitrogens is 1. The van der Waals surface area contributed by atoms with E-state index >= 15 is 0 Å². The van der Waals surface area contributed by atoms with E-state index < -0.39 is 11.5 Å². The molecule has 0 saturated heterocycles. The first-order valence-corrected chi connectivity index (χ1v) is 6.44. The lowest BCUT2D eigenvalue weighted by Crippen LogP contribution is -2.19. The molecule has 21 heavy (non-hydrogen) atoms. The van der Waals surface area contributed by atoms with E-state index in [1.165, 1.54) is 11.8 Å². The standard InChI is InChI=1S/C15H16N2O4/c1-9-3-4-12(5-10(9)2)21-8-13-16-7-11(6-14(18)19)15(20)17-13/h3-5,7H,6,8H2,1-2H3,(H,18,19)(H,16,17,20). The molecule has 0 bridgehead atoms. The predicted molar refractivity (Wildman–Crippen MR) is 76.4 cm³/mol. The second kappa shape index (κ2) is 6.21. The molecule has 0 aliphatic heterocycles. The van der Waals surface area contributed by atoms with Gasteiger partial charge in [0.1, 0.15) is 18.2 Å². The monoisotopic (exact) mass is 288 g/mol. The third-order valence-corrected chi connectivity index (χ3v) is 3.12. The first kappa shape index (κ1) is 14.8. The van der Waals surface area contributed by atoms with Crippen molar-refractivity contribution in [2.45, 2.75) is 26.9 Å². The van der Waals surface area contributed by atoms with E-state index in [0.717, 1.165) is 5.56 Å². The zero-order valence-corrected chi connectivity index (χ0v) is 11.8. The van der Waals surface area contributed by atoms with Gasteiger partial charge in [-0.25, -0.2) is 4.98 Å². The third-order valence-electron chi connectivity index (χ3n) is 3.12. The number of aryl methyl sites for hydroxylation is 2. The third kappa shape index (κ3) is 3.92. The molecule has 0 aliphatic carbocycles. The quantitative estimate of drug-likeness (QED) is 0.871. The molecule has 0 spiro atoms. The van der Waals surface area contributed by atoms with Gasteiger partial charge in [-0.15, -0.1) is 0 Å². The highest BCUT2D eigenvalue weighted by molar-refractivity contribution is 5.69. The lowest BCUT2D eigenvalue weighted by atomic mass is 10.1. The number of carboxylic acid groups (broad SMARTS) is 1. The second-order valence-corrected chi connectivity index (χ2v) is 4.79. The van der Waals surface area contributed by atoms with E-state index in [0.29, 0.717) is 11.6 Å². The number of hydrogen-bond acceptors (Lipinski definition) is 4. The van der Waals surface area contributed by atoms with Crippen molar-refractivity contribution in [1.29, 1.82) is 0 Å². The van der Waals surface area contributed by atoms with E-state index in [9.17, 15) is 9.59 Å². The predicted octanol–water partition coefficient (Wildman–Crippen LogP) is 1.59. The Morgan fingerprint density at radius 1 is 1.33 bits per heavy atom. The minimum absolute atomic E-state index is 0.116. The average Bonchev–Trinajstić information content (AvgIpc) is 2.42. The molecule has 0 radical (unpaired) electrons. The molecule has 6 heteroatoms. The summed E-state index contributed by atoms with van der Waals surface area (Å²) in [6.45, 7) is 4.12. The number of nitrogens with zero attached hydrogens (tertiary/aromatic N) is 1. The van der Waals surface area contributed by atoms with Gasteiger partial charge in [0, 0.05) is 11.8 Å². The highest BCUT2D eigenvalue weighted by Crippen LogP contribution is 2.17. The van der Waals surface area contributed by atoms with Crippen molar-refractivity contribution >= 4 is 5.97 Å². The molecular weight excluding hydrogens is 272 g/mol. The molecule has 110 valence electrons. The van der Waals surface area contributed by atoms with Crippen LogP contribution in [-0.4, -0.2) is 21.0 Å². The van der Waals surface area contributed by atoms with Crippen molar-refractivity contribution in [2.24, 2.45) is 0 Å². The molecule has 2 rings (SSSR count). The van der Waals surface area contributed by atoms with Crippen LogP contribution < -0.4 is 10.3 Å². The molecule has 2 N–H and O–H groups in total. The van der Waals surface area contributed by atoms with E-state index in [2.05, 4.69) is 9.97 Å². The van der Waals surface area contributed by atoms with E-state index in [1.54, 1.807) is 0 Å². The number of carboxylic acids is 1. The maximum absolute atomic E-state index is 11.7. The van der Waals surface area contributed by atoms with Crippen LogP contribution in [0.2, 0.25) is 0 Å². The van der Waals surface area contributed by atoms with Crippen LogP contribution >= 0.6 is 0 Å². The number of rotatable bonds is 5. The first-order chi connectivity index (χ1) is 9.95. The first-order valence-electron chi connectivity index (χ1n) is 6.44. The van der Waals surface area contributed by atoms with Gasteiger partial charge in [-0.1, -0.05) is 6.07 Å². The lowest BCUT2D eigenvalue weighted by molar-refractivity contribution is -0.136. The number of nitrogens with one attached hydrogen (secondary N) is 1. The molecule has 1 heterocycles. The van der Waals surface area contributed by atoms with Crippen LogP contribution in [0, 0.1) is 13.8 Å². The van der Waals surface area contributed by atoms with E-state index in [-0.39, 0.29) is 18.6 Å². The average molecular weight is 288 g/mol. The molecule has 0 fully saturated rings. The van der Waals surface area contributed by atoms with Crippen LogP contribution in [0.1, 0.15) is 22.5 Å². The molecule has 0 atom stereocenters. The van der Waals surface area contributed by atoms with Crippen molar-refractivity contribution < 1.29 is 14.6 Å². The van der Waals surface area contributed by atoms with E-state index in [1.807, 2.05) is 32.0 Å². The Hall–Kier alpha value is -2.63. The van der Waals surface area contributed by atoms with Crippen LogP contribution in [0.25, 0.3) is 0 Å². The van der Waals surface area contributed by atoms with Gasteiger partial charge in [0.05, 0.1) is 6.42 Å². The zero-order valence-electron chi connectivity index (χ0n) is 11.8. The molecule has 0 amide bonds. The van der Waals surface area contributed by atoms with Gasteiger partial charge in [-0.2, -0.15) is 0 Å². The summed E-state index contributed by atoms with van der Waals surface area (Å²) in [6.07, 6.45) is 0.923. The number of hydrogen-bond donors (Lipinski definition) is 2. The molecule has 1 aromatic heterocycles. The summed E-state index contributed by atoms with van der Waals surface area (Å²) in [5.41, 5.74) is 1.96. The second-order valence-electron chi connectivity index (χ2n) is 4.79. The summed E-state index contributed by atoms with van der Waals surface area (Å²) in [7, 11) is 0. The van der Waals surface area contributed by atoms with Gasteiger partial charge in [-0.3, -0.25) is 9.59 Å². The molecule has 0 unspecified atom stereocenters. The van der Waals surface area contributed by atoms with Crippen LogP contribution in [0.15, 0.2) is 29.2 Å². The molecular formula is C15H16N2O4. The summed E-state index contributed by atoms with van der Waals surface area (Å²) >= 11 is 0. The number of aromatic nitrogens is 2. The van der Waals surface area contributed by atoms with Gasteiger partial charge >= 0.3 is 5.97 Å². The minimum atomic E-state index is -1.07. The number of carbonyl (C=O) groups is 1. The Bertz CT molecular complexity index is 722. The Kier molecular flexibility index (Phi) is 4.37. The normalized spacial score (nSPS) is 10.4. The maximum Gasteiger partial charge on any atom is 0.308 e. The number of aliphatic carboxylic acids is 1. The summed E-state index contributed by atoms with van der Waals surface area (Å²) in [6, 6.07) is 5.71. The fourth-order valence-electron chi connectivity index (χ4n) is 1.78. The highest BCUT2D eigenvalue weighted by atomic mass is 16.5. The fraction of sp³-hybridized carbons (Fsp3) is 0.267. The molecule has 6 nitrogen and oxygen atoms in total. The molecule has 1 aromatic carbocycles. The van der Waals surface area contributed by atoms with Crippen molar-refractivity contribution in [3.05, 3.63) is 57.3 Å². The number of benzene rings is 1. The van der Waals surface area contributed by atoms with Gasteiger partial charge in [0.15, 0.2) is 0 Å². The summed E-state index contributed by atoms with van der Waals surface area (Å²) in [4.78, 5) is 28.8. The zero-order chi connectivity index (χ0) is 15.4. The van der Waals surface area contributed by atoms with Crippen molar-refractivity contribution in [2.75, 3.05) is 0 Å². The SMILES string of the molecule is Cc1ccc(OCc2ncc(CC(=O)O)c(=O)[nH]2)cc1C. The summed E-state index contributed by atoms with van der Waals surface area (Å²) < 4.78 is 5.55. The van der Waals surface area contributed by atoms with Gasteiger partial charge in [-0.05, 0) is 37.1 Å². The fourth-order valence-corrected chi connectivity index (χ4v) is 1.78. The molecule has 0 aliphatic rings. The Balaban J connectivity index is 2.06. The number of aromatic amines is 1. The van der Waals surface area contributed by atoms with Crippen LogP contribution in [0.3, 0.4) is 0 Å². The van der Waals surface area contributed by atoms with Gasteiger partial charge in [0.2, 0.25) is 0 Å². The Morgan fingerprint density at radius 2 is 2.10 bits per heavy atom. The van der Waals surface area contributed by atoms with Crippen molar-refractivity contribution in [3.8, 4) is 5.75 Å².